The molecule has 0 radical (unpaired) electrons. The SMILES string of the molecule is CC(C)n1cnnc1CN(C)[C@H](C)c1cc(-c2ccccc2)n[nH]1. The molecule has 24 heavy (non-hydrogen) atoms. The van der Waals surface area contributed by atoms with E-state index in [2.05, 4.69) is 75.9 Å². The van der Waals surface area contributed by atoms with Crippen LogP contribution in [0.5, 0.6) is 0 Å². The predicted octanol–water partition coefficient (Wildman–Crippen LogP) is 3.44. The van der Waals surface area contributed by atoms with Gasteiger partial charge in [-0.15, -0.1) is 10.2 Å². The zero-order valence-corrected chi connectivity index (χ0v) is 14.6. The molecule has 3 rings (SSSR count). The van der Waals surface area contributed by atoms with E-state index in [1.165, 1.54) is 0 Å². The fourth-order valence-corrected chi connectivity index (χ4v) is 2.72. The normalized spacial score (nSPS) is 12.9. The second-order valence-electron chi connectivity index (χ2n) is 6.41. The van der Waals surface area contributed by atoms with E-state index in [0.717, 1.165) is 29.3 Å². The molecule has 0 aliphatic heterocycles. The van der Waals surface area contributed by atoms with Crippen LogP contribution >= 0.6 is 0 Å². The molecule has 6 nitrogen and oxygen atoms in total. The lowest BCUT2D eigenvalue weighted by Crippen LogP contribution is -2.24. The molecule has 2 heterocycles. The molecule has 0 amide bonds. The van der Waals surface area contributed by atoms with Gasteiger partial charge in [-0.2, -0.15) is 5.10 Å². The highest BCUT2D eigenvalue weighted by molar-refractivity contribution is 5.59. The first-order chi connectivity index (χ1) is 11.6. The minimum Gasteiger partial charge on any atom is -0.314 e. The van der Waals surface area contributed by atoms with Gasteiger partial charge in [0.1, 0.15) is 12.2 Å². The summed E-state index contributed by atoms with van der Waals surface area (Å²) in [6.07, 6.45) is 1.79. The Balaban J connectivity index is 1.73. The van der Waals surface area contributed by atoms with E-state index in [1.54, 1.807) is 6.33 Å². The van der Waals surface area contributed by atoms with Crippen molar-refractivity contribution in [2.45, 2.75) is 39.4 Å². The molecule has 0 saturated carbocycles. The first kappa shape index (κ1) is 16.4. The van der Waals surface area contributed by atoms with Crippen molar-refractivity contribution in [2.24, 2.45) is 0 Å². The molecule has 3 aromatic rings. The van der Waals surface area contributed by atoms with E-state index in [1.807, 2.05) is 18.2 Å². The molecule has 0 unspecified atom stereocenters. The standard InChI is InChI=1S/C18H24N6/c1-13(2)24-12-19-22-18(24)11-23(4)14(3)16-10-17(21-20-16)15-8-6-5-7-9-15/h5-10,12-14H,11H2,1-4H3,(H,20,21)/t14-/m1/s1. The van der Waals surface area contributed by atoms with E-state index < -0.39 is 0 Å². The number of nitrogens with one attached hydrogen (secondary N) is 1. The van der Waals surface area contributed by atoms with Gasteiger partial charge >= 0.3 is 0 Å². The molecule has 1 atom stereocenters. The fraction of sp³-hybridized carbons (Fsp3) is 0.389. The summed E-state index contributed by atoms with van der Waals surface area (Å²) in [4.78, 5) is 2.24. The maximum atomic E-state index is 4.45. The van der Waals surface area contributed by atoms with Crippen LogP contribution in [0.4, 0.5) is 0 Å². The Morgan fingerprint density at radius 3 is 2.62 bits per heavy atom. The van der Waals surface area contributed by atoms with Gasteiger partial charge < -0.3 is 4.57 Å². The van der Waals surface area contributed by atoms with Crippen LogP contribution in [0.2, 0.25) is 0 Å². The third kappa shape index (κ3) is 3.38. The van der Waals surface area contributed by atoms with Crippen molar-refractivity contribution in [3.63, 3.8) is 0 Å². The van der Waals surface area contributed by atoms with Crippen LogP contribution in [0.25, 0.3) is 11.3 Å². The van der Waals surface area contributed by atoms with Crippen molar-refractivity contribution in [1.82, 2.24) is 29.9 Å². The molecule has 2 aromatic heterocycles. The summed E-state index contributed by atoms with van der Waals surface area (Å²) in [5.74, 6) is 0.974. The van der Waals surface area contributed by atoms with Crippen LogP contribution in [-0.2, 0) is 6.54 Å². The van der Waals surface area contributed by atoms with Gasteiger partial charge in [0.15, 0.2) is 0 Å². The number of H-pyrrole nitrogens is 1. The van der Waals surface area contributed by atoms with Crippen molar-refractivity contribution < 1.29 is 0 Å². The zero-order chi connectivity index (χ0) is 17.1. The zero-order valence-electron chi connectivity index (χ0n) is 14.6. The molecule has 0 spiro atoms. The lowest BCUT2D eigenvalue weighted by atomic mass is 10.1. The quantitative estimate of drug-likeness (QED) is 0.754. The number of benzene rings is 1. The van der Waals surface area contributed by atoms with E-state index in [-0.39, 0.29) is 6.04 Å². The summed E-state index contributed by atoms with van der Waals surface area (Å²) < 4.78 is 2.10. The number of nitrogens with zero attached hydrogens (tertiary/aromatic N) is 5. The van der Waals surface area contributed by atoms with Crippen LogP contribution in [-0.4, -0.2) is 36.9 Å². The Morgan fingerprint density at radius 2 is 1.92 bits per heavy atom. The van der Waals surface area contributed by atoms with Gasteiger partial charge in [-0.3, -0.25) is 10.00 Å². The van der Waals surface area contributed by atoms with Gasteiger partial charge in [-0.25, -0.2) is 0 Å². The van der Waals surface area contributed by atoms with E-state index >= 15 is 0 Å². The van der Waals surface area contributed by atoms with Crippen LogP contribution in [0.3, 0.4) is 0 Å². The highest BCUT2D eigenvalue weighted by Gasteiger charge is 2.18. The molecule has 0 fully saturated rings. The average Bonchev–Trinajstić information content (AvgIpc) is 3.24. The summed E-state index contributed by atoms with van der Waals surface area (Å²) in [6, 6.07) is 12.9. The molecule has 6 heteroatoms. The number of hydrogen-bond donors (Lipinski definition) is 1. The van der Waals surface area contributed by atoms with Crippen LogP contribution < -0.4 is 0 Å². The topological polar surface area (TPSA) is 62.6 Å². The minimum atomic E-state index is 0.201. The Kier molecular flexibility index (Phi) is 4.76. The van der Waals surface area contributed by atoms with Crippen molar-refractivity contribution in [3.8, 4) is 11.3 Å². The van der Waals surface area contributed by atoms with Crippen LogP contribution in [0.1, 0.15) is 44.4 Å². The molecule has 0 bridgehead atoms. The van der Waals surface area contributed by atoms with Crippen LogP contribution in [0.15, 0.2) is 42.7 Å². The van der Waals surface area contributed by atoms with Gasteiger partial charge in [-0.05, 0) is 33.9 Å². The molecule has 0 aliphatic carbocycles. The van der Waals surface area contributed by atoms with Crippen molar-refractivity contribution in [3.05, 3.63) is 54.2 Å². The molecular weight excluding hydrogens is 300 g/mol. The van der Waals surface area contributed by atoms with E-state index in [0.29, 0.717) is 6.04 Å². The second-order valence-corrected chi connectivity index (χ2v) is 6.41. The van der Waals surface area contributed by atoms with Crippen molar-refractivity contribution in [1.29, 1.82) is 0 Å². The Bertz CT molecular complexity index is 774. The molecule has 1 aromatic carbocycles. The maximum absolute atomic E-state index is 4.45. The monoisotopic (exact) mass is 324 g/mol. The number of aromatic amines is 1. The van der Waals surface area contributed by atoms with Crippen molar-refractivity contribution >= 4 is 0 Å². The number of aromatic nitrogens is 5. The Hall–Kier alpha value is -2.47. The van der Waals surface area contributed by atoms with Crippen LogP contribution in [0, 0.1) is 0 Å². The minimum absolute atomic E-state index is 0.201. The summed E-state index contributed by atoms with van der Waals surface area (Å²) in [5.41, 5.74) is 3.18. The molecular formula is C18H24N6. The van der Waals surface area contributed by atoms with Gasteiger partial charge in [0.2, 0.25) is 0 Å². The summed E-state index contributed by atoms with van der Waals surface area (Å²) in [7, 11) is 2.09. The summed E-state index contributed by atoms with van der Waals surface area (Å²) >= 11 is 0. The third-order valence-corrected chi connectivity index (χ3v) is 4.37. The van der Waals surface area contributed by atoms with Gasteiger partial charge in [0, 0.05) is 17.6 Å². The first-order valence-electron chi connectivity index (χ1n) is 8.25. The molecule has 0 saturated heterocycles. The first-order valence-corrected chi connectivity index (χ1v) is 8.25. The fourth-order valence-electron chi connectivity index (χ4n) is 2.72. The molecule has 1 N–H and O–H groups in total. The number of hydrogen-bond acceptors (Lipinski definition) is 4. The van der Waals surface area contributed by atoms with E-state index in [4.69, 9.17) is 0 Å². The largest absolute Gasteiger partial charge is 0.314 e. The predicted molar refractivity (Wildman–Crippen MR) is 94.3 cm³/mol. The highest BCUT2D eigenvalue weighted by Crippen LogP contribution is 2.24. The lowest BCUT2D eigenvalue weighted by molar-refractivity contribution is 0.237. The third-order valence-electron chi connectivity index (χ3n) is 4.37. The maximum Gasteiger partial charge on any atom is 0.147 e. The molecule has 0 aliphatic rings. The second kappa shape index (κ2) is 6.97. The van der Waals surface area contributed by atoms with Gasteiger partial charge in [0.25, 0.3) is 0 Å². The van der Waals surface area contributed by atoms with Gasteiger partial charge in [-0.1, -0.05) is 30.3 Å². The summed E-state index contributed by atoms with van der Waals surface area (Å²) in [5, 5.41) is 15.9. The molecule has 126 valence electrons. The number of rotatable bonds is 6. The smallest absolute Gasteiger partial charge is 0.147 e. The summed E-state index contributed by atoms with van der Waals surface area (Å²) in [6.45, 7) is 7.17. The van der Waals surface area contributed by atoms with Gasteiger partial charge in [0.05, 0.1) is 17.9 Å². The lowest BCUT2D eigenvalue weighted by Gasteiger charge is -2.23. The van der Waals surface area contributed by atoms with Crippen molar-refractivity contribution in [2.75, 3.05) is 7.05 Å². The Labute approximate surface area is 142 Å². The van der Waals surface area contributed by atoms with E-state index in [9.17, 15) is 0 Å². The highest BCUT2D eigenvalue weighted by atomic mass is 15.3. The average molecular weight is 324 g/mol. The Morgan fingerprint density at radius 1 is 1.17 bits per heavy atom.